The third-order valence-corrected chi connectivity index (χ3v) is 21.5. The predicted molar refractivity (Wildman–Crippen MR) is 346 cm³/mol. The van der Waals surface area contributed by atoms with Gasteiger partial charge in [0.1, 0.15) is 0 Å². The maximum absolute atomic E-state index is 4.81. The molecule has 4 fully saturated rings. The molecule has 11 heteroatoms. The summed E-state index contributed by atoms with van der Waals surface area (Å²) < 4.78 is 0. The summed E-state index contributed by atoms with van der Waals surface area (Å²) in [5, 5.41) is 11.5. The molecule has 4 aliphatic carbocycles. The summed E-state index contributed by atoms with van der Waals surface area (Å²) in [6, 6.07) is 86.2. The maximum Gasteiger partial charge on any atom is 2.00 e. The SMILES string of the molecule is ClCCl.[CH]1[CH][CH][C](P(c2ccccc2)c2ccccc2)[CH]1.[CH]1[CH][CH][C](P(c2ccccc2)c2ccccc2)[CH]1.[CH]1[CH][CH][C](P(c2ccccc2)c2ccccc2)[CH]1.[CH]1[CH][CH][C](P(c2ccccc2)c2ccccc2)[CH]1.[Cl][Pd][Cl].[Fe+2].[Fe+2]. The molecule has 8 aromatic rings. The Morgan fingerprint density at radius 2 is 0.325 bits per heavy atom. The van der Waals surface area contributed by atoms with E-state index in [9.17, 15) is 0 Å². The number of benzene rings is 8. The monoisotopic (exact) mass is 1370 g/mol. The standard InChI is InChI=1S/4C17H14P.CH2Cl2.2ClH.2Fe.Pd/c4*1-3-9-15(10-4-1)18(17-13-7-8-14-17)16-11-5-2-6-12-16;2-1-3;;;;;/h4*1-14H;1H2;2*1H;;;/q;;;;;;;3*+2/p-2. The van der Waals surface area contributed by atoms with Crippen LogP contribution in [0.3, 0.4) is 0 Å². The van der Waals surface area contributed by atoms with Crippen molar-refractivity contribution in [2.24, 2.45) is 0 Å². The Balaban J connectivity index is 0.000000188. The van der Waals surface area contributed by atoms with E-state index in [1.807, 2.05) is 0 Å². The van der Waals surface area contributed by atoms with E-state index >= 15 is 0 Å². The fourth-order valence-corrected chi connectivity index (χ4v) is 17.7. The van der Waals surface area contributed by atoms with Crippen LogP contribution < -0.4 is 42.4 Å². The van der Waals surface area contributed by atoms with E-state index in [0.29, 0.717) is 0 Å². The third-order valence-electron chi connectivity index (χ3n) is 11.7. The molecule has 12 rings (SSSR count). The molecule has 0 nitrogen and oxygen atoms in total. The molecule has 4 saturated carbocycles. The third kappa shape index (κ3) is 22.6. The Kier molecular flexibility index (Phi) is 35.8. The van der Waals surface area contributed by atoms with E-state index in [4.69, 9.17) is 42.3 Å². The Morgan fingerprint density at radius 1 is 0.225 bits per heavy atom. The Labute approximate surface area is 534 Å². The number of alkyl halides is 2. The summed E-state index contributed by atoms with van der Waals surface area (Å²) in [4.78, 5) is 0. The minimum absolute atomic E-state index is 0. The van der Waals surface area contributed by atoms with Crippen molar-refractivity contribution in [2.75, 3.05) is 5.34 Å². The molecule has 0 aliphatic heterocycles. The molecule has 0 saturated heterocycles. The van der Waals surface area contributed by atoms with Gasteiger partial charge in [-0.05, 0) is 177 Å². The fraction of sp³-hybridized carbons (Fsp3) is 0.0145. The zero-order valence-corrected chi connectivity index (χ0v) is 53.7. The normalized spacial score (nSPS) is 15.2. The van der Waals surface area contributed by atoms with Gasteiger partial charge in [-0.2, -0.15) is 0 Å². The molecule has 0 heterocycles. The summed E-state index contributed by atoms with van der Waals surface area (Å²) in [6.45, 7) is 0. The van der Waals surface area contributed by atoms with Gasteiger partial charge < -0.3 is 0 Å². The summed E-state index contributed by atoms with van der Waals surface area (Å²) in [6.07, 6.45) is 34.8. The van der Waals surface area contributed by atoms with E-state index < -0.39 is 31.7 Å². The molecule has 0 N–H and O–H groups in total. The summed E-state index contributed by atoms with van der Waals surface area (Å²) in [5.41, 5.74) is 5.68. The molecule has 404 valence electrons. The molecule has 0 bridgehead atoms. The van der Waals surface area contributed by atoms with E-state index in [2.05, 4.69) is 345 Å². The van der Waals surface area contributed by atoms with Crippen LogP contribution in [0.4, 0.5) is 0 Å². The van der Waals surface area contributed by atoms with Crippen LogP contribution in [0.2, 0.25) is 0 Å². The van der Waals surface area contributed by atoms with Gasteiger partial charge in [-0.1, -0.05) is 243 Å². The van der Waals surface area contributed by atoms with Gasteiger partial charge in [0.25, 0.3) is 0 Å². The topological polar surface area (TPSA) is 0 Å². The Morgan fingerprint density at radius 3 is 0.425 bits per heavy atom. The quantitative estimate of drug-likeness (QED) is 0.0650. The number of hydrogen-bond donors (Lipinski definition) is 0. The Hall–Kier alpha value is -1.66. The van der Waals surface area contributed by atoms with E-state index in [-0.39, 0.29) is 55.4 Å². The molecule has 20 radical (unpaired) electrons. The van der Waals surface area contributed by atoms with Crippen molar-refractivity contribution in [1.29, 1.82) is 0 Å². The minimum atomic E-state index is -0.409. The van der Waals surface area contributed by atoms with Crippen LogP contribution in [0.1, 0.15) is 0 Å². The first-order valence-electron chi connectivity index (χ1n) is 25.1. The molecule has 80 heavy (non-hydrogen) atoms. The number of hydrogen-bond acceptors (Lipinski definition) is 0. The zero-order chi connectivity index (χ0) is 54.2. The van der Waals surface area contributed by atoms with Crippen LogP contribution in [0.25, 0.3) is 0 Å². The first-order chi connectivity index (χ1) is 38.6. The van der Waals surface area contributed by atoms with Crippen molar-refractivity contribution in [1.82, 2.24) is 0 Å². The van der Waals surface area contributed by atoms with Gasteiger partial charge in [-0.15, -0.1) is 23.2 Å². The van der Waals surface area contributed by atoms with E-state index in [0.717, 1.165) is 0 Å². The maximum atomic E-state index is 4.81. The second-order valence-electron chi connectivity index (χ2n) is 16.7. The van der Waals surface area contributed by atoms with Crippen LogP contribution in [0, 0.1) is 125 Å². The predicted octanol–water partition coefficient (Wildman–Crippen LogP) is 16.7. The van der Waals surface area contributed by atoms with Gasteiger partial charge in [0.05, 0.1) is 5.34 Å². The largest absolute Gasteiger partial charge is 2.00 e. The first-order valence-corrected chi connectivity index (χ1v) is 35.5. The van der Waals surface area contributed by atoms with Crippen LogP contribution in [0.5, 0.6) is 0 Å². The average molecular weight is 1370 g/mol. The molecule has 4 aliphatic rings. The van der Waals surface area contributed by atoms with Gasteiger partial charge in [-0.25, -0.2) is 0 Å². The van der Waals surface area contributed by atoms with Crippen LogP contribution in [-0.4, -0.2) is 5.34 Å². The molecule has 0 aromatic heterocycles. The van der Waals surface area contributed by atoms with Gasteiger partial charge >= 0.3 is 69.1 Å². The van der Waals surface area contributed by atoms with Gasteiger partial charge in [0, 0.05) is 22.6 Å². The van der Waals surface area contributed by atoms with Gasteiger partial charge in [-0.3, -0.25) is 0 Å². The van der Waals surface area contributed by atoms with Gasteiger partial charge in [0.2, 0.25) is 0 Å². The average Bonchev–Trinajstić information content (AvgIpc) is 4.40. The van der Waals surface area contributed by atoms with Crippen LogP contribution in [-0.2, 0) is 50.1 Å². The number of halogens is 4. The molecule has 0 amide bonds. The molecule has 0 spiro atoms. The summed E-state index contributed by atoms with van der Waals surface area (Å²) in [7, 11) is 7.99. The number of rotatable bonds is 12. The Bertz CT molecular complexity index is 2190. The molecule has 0 atom stereocenters. The van der Waals surface area contributed by atoms with Crippen molar-refractivity contribution < 1.29 is 50.1 Å². The smallest absolute Gasteiger partial charge is 2.00 e. The fourth-order valence-electron chi connectivity index (χ4n) is 8.46. The second kappa shape index (κ2) is 41.4. The van der Waals surface area contributed by atoms with Gasteiger partial charge in [0.15, 0.2) is 0 Å². The summed E-state index contributed by atoms with van der Waals surface area (Å²) >= 11 is 9.42. The van der Waals surface area contributed by atoms with E-state index in [1.54, 1.807) is 0 Å². The second-order valence-corrected chi connectivity index (χ2v) is 28.8. The molecular weight excluding hydrogens is 1310 g/mol. The minimum Gasteiger partial charge on any atom is 2.00 e. The molecular formula is C69H58Cl4Fe2P4Pd+4. The van der Waals surface area contributed by atoms with Crippen molar-refractivity contribution >= 4 is 116 Å². The molecule has 0 unspecified atom stereocenters. The summed E-state index contributed by atoms with van der Waals surface area (Å²) in [5.74, 6) is 0. The zero-order valence-electron chi connectivity index (χ0n) is 43.4. The van der Waals surface area contributed by atoms with E-state index in [1.165, 1.54) is 65.1 Å². The van der Waals surface area contributed by atoms with Crippen molar-refractivity contribution in [2.45, 2.75) is 0 Å². The van der Waals surface area contributed by atoms with Crippen molar-refractivity contribution in [3.8, 4) is 0 Å². The van der Waals surface area contributed by atoms with Crippen molar-refractivity contribution in [3.05, 3.63) is 368 Å². The molecule has 8 aromatic carbocycles. The van der Waals surface area contributed by atoms with Crippen LogP contribution >= 0.6 is 73.9 Å². The first kappa shape index (κ1) is 69.1. The van der Waals surface area contributed by atoms with Crippen molar-refractivity contribution in [3.63, 3.8) is 0 Å². The van der Waals surface area contributed by atoms with Crippen LogP contribution in [0.15, 0.2) is 243 Å².